The SMILES string of the molecule is Cc1cc(C2CC(C)(C)CC2C)cc(C)c1O. The molecule has 1 aromatic carbocycles. The number of aryl methyl sites for hydroxylation is 2. The van der Waals surface area contributed by atoms with Crippen molar-refractivity contribution in [3.8, 4) is 5.75 Å². The topological polar surface area (TPSA) is 20.2 Å². The Kier molecular flexibility index (Phi) is 2.97. The molecule has 0 saturated heterocycles. The van der Waals surface area contributed by atoms with Crippen LogP contribution >= 0.6 is 0 Å². The van der Waals surface area contributed by atoms with Crippen LogP contribution in [-0.2, 0) is 0 Å². The van der Waals surface area contributed by atoms with E-state index in [1.54, 1.807) is 0 Å². The Morgan fingerprint density at radius 2 is 1.65 bits per heavy atom. The van der Waals surface area contributed by atoms with Gasteiger partial charge in [0, 0.05) is 0 Å². The molecule has 1 saturated carbocycles. The Morgan fingerprint density at radius 1 is 1.12 bits per heavy atom. The first-order valence-electron chi connectivity index (χ1n) is 6.60. The molecule has 1 nitrogen and oxygen atoms in total. The van der Waals surface area contributed by atoms with Crippen molar-refractivity contribution in [3.05, 3.63) is 28.8 Å². The van der Waals surface area contributed by atoms with Crippen molar-refractivity contribution < 1.29 is 5.11 Å². The van der Waals surface area contributed by atoms with Gasteiger partial charge in [0.25, 0.3) is 0 Å². The summed E-state index contributed by atoms with van der Waals surface area (Å²) in [6, 6.07) is 4.34. The quantitative estimate of drug-likeness (QED) is 0.753. The van der Waals surface area contributed by atoms with Crippen LogP contribution in [-0.4, -0.2) is 5.11 Å². The van der Waals surface area contributed by atoms with Gasteiger partial charge in [0.05, 0.1) is 0 Å². The zero-order valence-corrected chi connectivity index (χ0v) is 11.7. The molecule has 0 heterocycles. The highest BCUT2D eigenvalue weighted by Gasteiger charge is 2.37. The lowest BCUT2D eigenvalue weighted by Crippen LogP contribution is -2.05. The van der Waals surface area contributed by atoms with E-state index in [2.05, 4.69) is 32.9 Å². The van der Waals surface area contributed by atoms with Gasteiger partial charge in [-0.1, -0.05) is 32.9 Å². The summed E-state index contributed by atoms with van der Waals surface area (Å²) in [5.41, 5.74) is 3.90. The van der Waals surface area contributed by atoms with Gasteiger partial charge >= 0.3 is 0 Å². The lowest BCUT2D eigenvalue weighted by molar-refractivity contribution is 0.365. The minimum Gasteiger partial charge on any atom is -0.507 e. The maximum absolute atomic E-state index is 9.84. The molecule has 94 valence electrons. The summed E-state index contributed by atoms with van der Waals surface area (Å²) >= 11 is 0. The smallest absolute Gasteiger partial charge is 0.121 e. The number of rotatable bonds is 1. The van der Waals surface area contributed by atoms with Crippen LogP contribution in [0.15, 0.2) is 12.1 Å². The van der Waals surface area contributed by atoms with Gasteiger partial charge < -0.3 is 5.11 Å². The second-order valence-electron chi connectivity index (χ2n) is 6.66. The predicted molar refractivity (Wildman–Crippen MR) is 72.5 cm³/mol. The average molecular weight is 232 g/mol. The summed E-state index contributed by atoms with van der Waals surface area (Å²) in [7, 11) is 0. The summed E-state index contributed by atoms with van der Waals surface area (Å²) in [5.74, 6) is 1.86. The van der Waals surface area contributed by atoms with Crippen LogP contribution < -0.4 is 0 Å². The van der Waals surface area contributed by atoms with Crippen LogP contribution in [0.3, 0.4) is 0 Å². The third-order valence-corrected chi connectivity index (χ3v) is 4.28. The van der Waals surface area contributed by atoms with Crippen molar-refractivity contribution in [2.45, 2.75) is 53.4 Å². The van der Waals surface area contributed by atoms with Gasteiger partial charge in [-0.15, -0.1) is 0 Å². The number of hydrogen-bond donors (Lipinski definition) is 1. The van der Waals surface area contributed by atoms with Gasteiger partial charge in [-0.3, -0.25) is 0 Å². The van der Waals surface area contributed by atoms with Crippen molar-refractivity contribution >= 4 is 0 Å². The fourth-order valence-electron chi connectivity index (χ4n) is 3.54. The average Bonchev–Trinajstić information content (AvgIpc) is 2.48. The summed E-state index contributed by atoms with van der Waals surface area (Å²) < 4.78 is 0. The van der Waals surface area contributed by atoms with Gasteiger partial charge in [0.15, 0.2) is 0 Å². The van der Waals surface area contributed by atoms with Crippen LogP contribution in [0.25, 0.3) is 0 Å². The van der Waals surface area contributed by atoms with E-state index in [0.29, 0.717) is 17.1 Å². The Morgan fingerprint density at radius 3 is 2.06 bits per heavy atom. The largest absolute Gasteiger partial charge is 0.507 e. The van der Waals surface area contributed by atoms with E-state index in [1.807, 2.05) is 13.8 Å². The van der Waals surface area contributed by atoms with Crippen LogP contribution in [0.1, 0.15) is 56.2 Å². The van der Waals surface area contributed by atoms with Crippen LogP contribution in [0, 0.1) is 25.2 Å². The summed E-state index contributed by atoms with van der Waals surface area (Å²) in [6.45, 7) is 11.1. The van der Waals surface area contributed by atoms with Gasteiger partial charge in [-0.2, -0.15) is 0 Å². The second-order valence-corrected chi connectivity index (χ2v) is 6.66. The first kappa shape index (κ1) is 12.5. The van der Waals surface area contributed by atoms with E-state index in [0.717, 1.165) is 17.0 Å². The minimum absolute atomic E-state index is 0.457. The van der Waals surface area contributed by atoms with Crippen molar-refractivity contribution in [3.63, 3.8) is 0 Å². The van der Waals surface area contributed by atoms with E-state index < -0.39 is 0 Å². The molecule has 1 fully saturated rings. The van der Waals surface area contributed by atoms with Crippen LogP contribution in [0.2, 0.25) is 0 Å². The molecule has 0 aromatic heterocycles. The zero-order valence-electron chi connectivity index (χ0n) is 11.7. The third-order valence-electron chi connectivity index (χ3n) is 4.28. The van der Waals surface area contributed by atoms with Gasteiger partial charge in [0.1, 0.15) is 5.75 Å². The van der Waals surface area contributed by atoms with Crippen molar-refractivity contribution in [2.24, 2.45) is 11.3 Å². The fourth-order valence-corrected chi connectivity index (χ4v) is 3.54. The van der Waals surface area contributed by atoms with Gasteiger partial charge in [-0.25, -0.2) is 0 Å². The molecule has 1 heteroatoms. The molecule has 0 amide bonds. The normalized spacial score (nSPS) is 27.4. The van der Waals surface area contributed by atoms with E-state index in [9.17, 15) is 5.11 Å². The lowest BCUT2D eigenvalue weighted by Gasteiger charge is -2.19. The molecule has 1 aliphatic carbocycles. The lowest BCUT2D eigenvalue weighted by atomic mass is 9.86. The minimum atomic E-state index is 0.457. The maximum atomic E-state index is 9.84. The summed E-state index contributed by atoms with van der Waals surface area (Å²) in [4.78, 5) is 0. The Labute approximate surface area is 105 Å². The van der Waals surface area contributed by atoms with Crippen LogP contribution in [0.4, 0.5) is 0 Å². The number of phenolic OH excluding ortho intramolecular Hbond substituents is 1. The molecule has 0 radical (unpaired) electrons. The summed E-state index contributed by atoms with van der Waals surface area (Å²) in [5, 5.41) is 9.84. The highest BCUT2D eigenvalue weighted by atomic mass is 16.3. The molecule has 2 unspecified atom stereocenters. The molecule has 0 bridgehead atoms. The van der Waals surface area contributed by atoms with Crippen molar-refractivity contribution in [1.82, 2.24) is 0 Å². The second kappa shape index (κ2) is 4.04. The monoisotopic (exact) mass is 232 g/mol. The van der Waals surface area contributed by atoms with Gasteiger partial charge in [0.2, 0.25) is 0 Å². The molecule has 2 atom stereocenters. The highest BCUT2D eigenvalue weighted by Crippen LogP contribution is 2.50. The van der Waals surface area contributed by atoms with E-state index in [1.165, 1.54) is 18.4 Å². The molecular formula is C16H24O. The van der Waals surface area contributed by atoms with Gasteiger partial charge in [-0.05, 0) is 60.6 Å². The Hall–Kier alpha value is -0.980. The molecule has 17 heavy (non-hydrogen) atoms. The third kappa shape index (κ3) is 2.34. The Balaban J connectivity index is 2.36. The molecule has 1 aromatic rings. The molecular weight excluding hydrogens is 208 g/mol. The number of aromatic hydroxyl groups is 1. The first-order valence-corrected chi connectivity index (χ1v) is 6.60. The number of phenols is 1. The molecule has 2 rings (SSSR count). The van der Waals surface area contributed by atoms with Crippen molar-refractivity contribution in [1.29, 1.82) is 0 Å². The van der Waals surface area contributed by atoms with Crippen LogP contribution in [0.5, 0.6) is 5.75 Å². The molecule has 1 aliphatic rings. The zero-order chi connectivity index (χ0) is 12.8. The molecule has 0 spiro atoms. The first-order chi connectivity index (χ1) is 7.80. The predicted octanol–water partition coefficient (Wildman–Crippen LogP) is 4.55. The number of benzene rings is 1. The maximum Gasteiger partial charge on any atom is 0.121 e. The standard InChI is InChI=1S/C16H24O/c1-10-6-13(7-11(2)15(10)17)14-9-16(4,5)8-12(14)3/h6-7,12,14,17H,8-9H2,1-5H3. The molecule has 1 N–H and O–H groups in total. The summed E-state index contributed by atoms with van der Waals surface area (Å²) in [6.07, 6.45) is 2.56. The number of hydrogen-bond acceptors (Lipinski definition) is 1. The van der Waals surface area contributed by atoms with Crippen molar-refractivity contribution in [2.75, 3.05) is 0 Å². The Bertz CT molecular complexity index is 408. The van der Waals surface area contributed by atoms with E-state index >= 15 is 0 Å². The molecule has 0 aliphatic heterocycles. The van der Waals surface area contributed by atoms with E-state index in [-0.39, 0.29) is 0 Å². The van der Waals surface area contributed by atoms with E-state index in [4.69, 9.17) is 0 Å². The fraction of sp³-hybridized carbons (Fsp3) is 0.625. The highest BCUT2D eigenvalue weighted by molar-refractivity contribution is 5.43.